The van der Waals surface area contributed by atoms with E-state index >= 15 is 0 Å². The zero-order valence-corrected chi connectivity index (χ0v) is 13.5. The van der Waals surface area contributed by atoms with Crippen molar-refractivity contribution in [3.8, 4) is 0 Å². The third-order valence-electron chi connectivity index (χ3n) is 3.76. The van der Waals surface area contributed by atoms with Gasteiger partial charge in [0.1, 0.15) is 0 Å². The van der Waals surface area contributed by atoms with Crippen LogP contribution in [0.4, 0.5) is 9.59 Å². The van der Waals surface area contributed by atoms with E-state index in [-0.39, 0.29) is 18.2 Å². The first-order valence-corrected chi connectivity index (χ1v) is 8.12. The maximum atomic E-state index is 11.8. The number of aryl methyl sites for hydroxylation is 1. The summed E-state index contributed by atoms with van der Waals surface area (Å²) < 4.78 is 6.81. The summed E-state index contributed by atoms with van der Waals surface area (Å²) in [7, 11) is 0. The summed E-state index contributed by atoms with van der Waals surface area (Å²) in [5.74, 6) is 0. The van der Waals surface area contributed by atoms with Crippen LogP contribution in [-0.2, 0) is 11.3 Å². The van der Waals surface area contributed by atoms with Crippen molar-refractivity contribution in [2.75, 3.05) is 26.2 Å². The summed E-state index contributed by atoms with van der Waals surface area (Å²) in [6.07, 6.45) is 5.70. The number of ether oxygens (including phenoxy) is 1. The van der Waals surface area contributed by atoms with E-state index in [0.717, 1.165) is 25.8 Å². The number of amides is 3. The monoisotopic (exact) mass is 323 g/mol. The quantitative estimate of drug-likeness (QED) is 0.770. The molecule has 0 atom stereocenters. The Morgan fingerprint density at radius 3 is 2.78 bits per heavy atom. The van der Waals surface area contributed by atoms with Crippen LogP contribution in [0.25, 0.3) is 0 Å². The van der Waals surface area contributed by atoms with Crippen molar-refractivity contribution < 1.29 is 14.3 Å². The number of nitrogens with zero attached hydrogens (tertiary/aromatic N) is 3. The molecule has 1 saturated heterocycles. The third kappa shape index (κ3) is 5.80. The fourth-order valence-electron chi connectivity index (χ4n) is 2.53. The molecule has 0 aliphatic carbocycles. The minimum Gasteiger partial charge on any atom is -0.450 e. The van der Waals surface area contributed by atoms with E-state index in [1.807, 2.05) is 16.9 Å². The highest BCUT2D eigenvalue weighted by Crippen LogP contribution is 2.11. The van der Waals surface area contributed by atoms with E-state index < -0.39 is 0 Å². The molecule has 0 spiro atoms. The SMILES string of the molecule is CCOC(=O)N1CCC(NC(=O)NCCCn2cccn2)CC1. The molecule has 0 aromatic carbocycles. The van der Waals surface area contributed by atoms with Gasteiger partial charge in [-0.2, -0.15) is 5.10 Å². The molecule has 8 nitrogen and oxygen atoms in total. The van der Waals surface area contributed by atoms with Crippen molar-refractivity contribution in [1.29, 1.82) is 0 Å². The fraction of sp³-hybridized carbons (Fsp3) is 0.667. The number of piperidine rings is 1. The van der Waals surface area contributed by atoms with Gasteiger partial charge in [-0.3, -0.25) is 4.68 Å². The van der Waals surface area contributed by atoms with Gasteiger partial charge in [-0.1, -0.05) is 0 Å². The molecule has 0 bridgehead atoms. The van der Waals surface area contributed by atoms with Gasteiger partial charge in [0.25, 0.3) is 0 Å². The standard InChI is InChI=1S/C15H25N5O3/c1-2-23-15(22)19-11-5-13(6-12-19)18-14(21)16-7-3-9-20-10-4-8-17-20/h4,8,10,13H,2-3,5-7,9,11-12H2,1H3,(H2,16,18,21). The van der Waals surface area contributed by atoms with Crippen LogP contribution in [0.15, 0.2) is 18.5 Å². The van der Waals surface area contributed by atoms with E-state index in [2.05, 4.69) is 15.7 Å². The third-order valence-corrected chi connectivity index (χ3v) is 3.76. The average Bonchev–Trinajstić information content (AvgIpc) is 3.06. The van der Waals surface area contributed by atoms with E-state index in [1.165, 1.54) is 0 Å². The molecular weight excluding hydrogens is 298 g/mol. The molecule has 128 valence electrons. The van der Waals surface area contributed by atoms with Crippen LogP contribution in [0.2, 0.25) is 0 Å². The Hall–Kier alpha value is -2.25. The van der Waals surface area contributed by atoms with Gasteiger partial charge in [0.15, 0.2) is 0 Å². The maximum absolute atomic E-state index is 11.8. The number of likely N-dealkylation sites (tertiary alicyclic amines) is 1. The number of carbonyl (C=O) groups is 2. The van der Waals surface area contributed by atoms with Crippen molar-refractivity contribution in [2.45, 2.75) is 38.8 Å². The number of aromatic nitrogens is 2. The summed E-state index contributed by atoms with van der Waals surface area (Å²) in [4.78, 5) is 25.1. The molecule has 1 fully saturated rings. The Balaban J connectivity index is 1.56. The molecule has 1 aromatic heterocycles. The topological polar surface area (TPSA) is 88.5 Å². The second-order valence-electron chi connectivity index (χ2n) is 5.48. The predicted molar refractivity (Wildman–Crippen MR) is 85.0 cm³/mol. The van der Waals surface area contributed by atoms with Gasteiger partial charge < -0.3 is 20.3 Å². The second-order valence-corrected chi connectivity index (χ2v) is 5.48. The van der Waals surface area contributed by atoms with Gasteiger partial charge in [0.2, 0.25) is 0 Å². The van der Waals surface area contributed by atoms with Crippen molar-refractivity contribution in [1.82, 2.24) is 25.3 Å². The van der Waals surface area contributed by atoms with Crippen LogP contribution < -0.4 is 10.6 Å². The molecule has 0 unspecified atom stereocenters. The van der Waals surface area contributed by atoms with Crippen LogP contribution in [0.5, 0.6) is 0 Å². The number of hydrogen-bond acceptors (Lipinski definition) is 4. The van der Waals surface area contributed by atoms with Crippen LogP contribution in [0.3, 0.4) is 0 Å². The smallest absolute Gasteiger partial charge is 0.409 e. The van der Waals surface area contributed by atoms with Crippen molar-refractivity contribution >= 4 is 12.1 Å². The Morgan fingerprint density at radius 2 is 2.13 bits per heavy atom. The highest BCUT2D eigenvalue weighted by atomic mass is 16.6. The molecular formula is C15H25N5O3. The van der Waals surface area contributed by atoms with Gasteiger partial charge in [-0.05, 0) is 32.3 Å². The summed E-state index contributed by atoms with van der Waals surface area (Å²) in [6.45, 7) is 4.80. The van der Waals surface area contributed by atoms with E-state index in [4.69, 9.17) is 4.74 Å². The van der Waals surface area contributed by atoms with Crippen molar-refractivity contribution in [3.05, 3.63) is 18.5 Å². The average molecular weight is 323 g/mol. The lowest BCUT2D eigenvalue weighted by Crippen LogP contribution is -2.49. The molecule has 2 N–H and O–H groups in total. The first-order valence-electron chi connectivity index (χ1n) is 8.12. The summed E-state index contributed by atoms with van der Waals surface area (Å²) in [5.41, 5.74) is 0. The minimum atomic E-state index is -0.269. The van der Waals surface area contributed by atoms with Gasteiger partial charge in [0, 0.05) is 44.6 Å². The predicted octanol–water partition coefficient (Wildman–Crippen LogP) is 1.19. The van der Waals surface area contributed by atoms with Gasteiger partial charge >= 0.3 is 12.1 Å². The Morgan fingerprint density at radius 1 is 1.35 bits per heavy atom. The van der Waals surface area contributed by atoms with Crippen molar-refractivity contribution in [3.63, 3.8) is 0 Å². The zero-order chi connectivity index (χ0) is 16.5. The second kappa shape index (κ2) is 9.02. The highest BCUT2D eigenvalue weighted by Gasteiger charge is 2.24. The highest BCUT2D eigenvalue weighted by molar-refractivity contribution is 5.74. The molecule has 0 radical (unpaired) electrons. The van der Waals surface area contributed by atoms with Gasteiger partial charge in [-0.15, -0.1) is 0 Å². The zero-order valence-electron chi connectivity index (χ0n) is 13.5. The molecule has 1 aliphatic heterocycles. The summed E-state index contributed by atoms with van der Waals surface area (Å²) in [6, 6.07) is 1.83. The number of carbonyl (C=O) groups excluding carboxylic acids is 2. The number of nitrogens with one attached hydrogen (secondary N) is 2. The molecule has 2 heterocycles. The van der Waals surface area contributed by atoms with E-state index in [1.54, 1.807) is 18.0 Å². The van der Waals surface area contributed by atoms with E-state index in [0.29, 0.717) is 26.2 Å². The first kappa shape index (κ1) is 17.1. The lowest BCUT2D eigenvalue weighted by Gasteiger charge is -2.31. The summed E-state index contributed by atoms with van der Waals surface area (Å²) >= 11 is 0. The lowest BCUT2D eigenvalue weighted by molar-refractivity contribution is 0.0957. The Labute approximate surface area is 136 Å². The molecule has 3 amide bonds. The lowest BCUT2D eigenvalue weighted by atomic mass is 10.1. The number of urea groups is 1. The summed E-state index contributed by atoms with van der Waals surface area (Å²) in [5, 5.41) is 9.91. The molecule has 23 heavy (non-hydrogen) atoms. The number of rotatable bonds is 6. The number of hydrogen-bond donors (Lipinski definition) is 2. The Kier molecular flexibility index (Phi) is 6.71. The normalized spacial score (nSPS) is 15.3. The maximum Gasteiger partial charge on any atom is 0.409 e. The molecule has 0 saturated carbocycles. The van der Waals surface area contributed by atoms with Crippen LogP contribution >= 0.6 is 0 Å². The van der Waals surface area contributed by atoms with Gasteiger partial charge in [-0.25, -0.2) is 9.59 Å². The Bertz CT molecular complexity index is 483. The van der Waals surface area contributed by atoms with E-state index in [9.17, 15) is 9.59 Å². The largest absolute Gasteiger partial charge is 0.450 e. The molecule has 2 rings (SSSR count). The molecule has 1 aromatic rings. The molecule has 8 heteroatoms. The van der Waals surface area contributed by atoms with Crippen LogP contribution in [0.1, 0.15) is 26.2 Å². The fourth-order valence-corrected chi connectivity index (χ4v) is 2.53. The minimum absolute atomic E-state index is 0.104. The van der Waals surface area contributed by atoms with Crippen LogP contribution in [-0.4, -0.2) is 59.1 Å². The first-order chi connectivity index (χ1) is 11.2. The van der Waals surface area contributed by atoms with Gasteiger partial charge in [0.05, 0.1) is 6.61 Å². The molecule has 1 aliphatic rings. The van der Waals surface area contributed by atoms with Crippen molar-refractivity contribution in [2.24, 2.45) is 0 Å². The van der Waals surface area contributed by atoms with Crippen LogP contribution in [0, 0.1) is 0 Å².